The summed E-state index contributed by atoms with van der Waals surface area (Å²) in [7, 11) is 0. The summed E-state index contributed by atoms with van der Waals surface area (Å²) in [5, 5.41) is 0. The average molecular weight is 417 g/mol. The molecule has 134 valence electrons. The van der Waals surface area contributed by atoms with E-state index in [1.54, 1.807) is 42.6 Å². The zero-order valence-corrected chi connectivity index (χ0v) is 15.0. The fourth-order valence-electron chi connectivity index (χ4n) is 2.12. The minimum atomic E-state index is -4.35. The van der Waals surface area contributed by atoms with Crippen molar-refractivity contribution in [1.29, 1.82) is 0 Å². The minimum Gasteiger partial charge on any atom is -0.367 e. The van der Waals surface area contributed by atoms with Gasteiger partial charge < -0.3 is 4.74 Å². The number of benzene rings is 1. The largest absolute Gasteiger partial charge is 0.411 e. The Hall–Kier alpha value is -1.93. The molecule has 2 aromatic rings. The Bertz CT molecular complexity index is 703. The summed E-state index contributed by atoms with van der Waals surface area (Å²) in [4.78, 5) is 18.3. The maximum absolute atomic E-state index is 12.6. The minimum absolute atomic E-state index is 0.167. The van der Waals surface area contributed by atoms with Crippen molar-refractivity contribution in [1.82, 2.24) is 4.98 Å². The molecule has 0 saturated heterocycles. The Morgan fingerprint density at radius 1 is 1.20 bits per heavy atom. The van der Waals surface area contributed by atoms with Crippen LogP contribution < -0.4 is 4.90 Å². The second-order valence-electron chi connectivity index (χ2n) is 5.19. The van der Waals surface area contributed by atoms with E-state index in [1.807, 2.05) is 6.92 Å². The Morgan fingerprint density at radius 3 is 2.40 bits per heavy atom. The molecule has 0 unspecified atom stereocenters. The normalized spacial score (nSPS) is 11.4. The van der Waals surface area contributed by atoms with Crippen LogP contribution in [0.4, 0.5) is 19.0 Å². The first-order valence-electron chi connectivity index (χ1n) is 7.47. The van der Waals surface area contributed by atoms with Gasteiger partial charge in [0, 0.05) is 22.8 Å². The fraction of sp³-hybridized carbons (Fsp3) is 0.294. The molecule has 0 N–H and O–H groups in total. The van der Waals surface area contributed by atoms with Crippen LogP contribution in [0.1, 0.15) is 22.8 Å². The van der Waals surface area contributed by atoms with Crippen LogP contribution in [0.25, 0.3) is 0 Å². The first kappa shape index (κ1) is 19.4. The highest BCUT2D eigenvalue weighted by Crippen LogP contribution is 2.19. The third-order valence-corrected chi connectivity index (χ3v) is 3.75. The number of hydrogen-bond acceptors (Lipinski definition) is 3. The number of halogens is 4. The summed E-state index contributed by atoms with van der Waals surface area (Å²) in [6, 6.07) is 9.80. The Balaban J connectivity index is 2.04. The average Bonchev–Trinajstić information content (AvgIpc) is 2.56. The molecule has 0 aliphatic rings. The maximum atomic E-state index is 12.6. The highest BCUT2D eigenvalue weighted by Gasteiger charge is 2.27. The third kappa shape index (κ3) is 5.82. The van der Waals surface area contributed by atoms with Crippen LogP contribution in [0.3, 0.4) is 0 Å². The lowest BCUT2D eigenvalue weighted by Crippen LogP contribution is -2.31. The standard InChI is InChI=1S/C17H16BrF3N2O2/c1-2-23(15-8-7-14(18)9-22-15)16(24)13-5-3-12(4-6-13)10-25-11-17(19,20)21/h3-9H,2,10-11H2,1H3. The Labute approximate surface area is 151 Å². The van der Waals surface area contributed by atoms with Crippen molar-refractivity contribution in [2.24, 2.45) is 0 Å². The summed E-state index contributed by atoms with van der Waals surface area (Å²) in [5.74, 6) is 0.286. The molecule has 1 amide bonds. The Kier molecular flexibility index (Phi) is 6.55. The fourth-order valence-corrected chi connectivity index (χ4v) is 2.36. The van der Waals surface area contributed by atoms with Crippen LogP contribution >= 0.6 is 15.9 Å². The van der Waals surface area contributed by atoms with E-state index in [1.165, 1.54) is 4.90 Å². The van der Waals surface area contributed by atoms with Gasteiger partial charge in [-0.05, 0) is 52.7 Å². The lowest BCUT2D eigenvalue weighted by atomic mass is 10.1. The highest BCUT2D eigenvalue weighted by atomic mass is 79.9. The van der Waals surface area contributed by atoms with Crippen LogP contribution in [0, 0.1) is 0 Å². The number of rotatable bonds is 6. The van der Waals surface area contributed by atoms with Crippen molar-refractivity contribution in [3.8, 4) is 0 Å². The van der Waals surface area contributed by atoms with Gasteiger partial charge in [-0.25, -0.2) is 4.98 Å². The van der Waals surface area contributed by atoms with Crippen molar-refractivity contribution in [2.45, 2.75) is 19.7 Å². The second-order valence-corrected chi connectivity index (χ2v) is 6.10. The molecule has 8 heteroatoms. The molecule has 1 aromatic carbocycles. The molecule has 0 saturated carbocycles. The molecule has 0 spiro atoms. The molecule has 4 nitrogen and oxygen atoms in total. The van der Waals surface area contributed by atoms with Crippen LogP contribution in [-0.2, 0) is 11.3 Å². The number of alkyl halides is 3. The van der Waals surface area contributed by atoms with E-state index in [2.05, 4.69) is 25.7 Å². The lowest BCUT2D eigenvalue weighted by molar-refractivity contribution is -0.176. The summed E-state index contributed by atoms with van der Waals surface area (Å²) in [6.45, 7) is 0.803. The van der Waals surface area contributed by atoms with E-state index in [0.29, 0.717) is 23.5 Å². The van der Waals surface area contributed by atoms with E-state index < -0.39 is 12.8 Å². The van der Waals surface area contributed by atoms with E-state index in [4.69, 9.17) is 0 Å². The van der Waals surface area contributed by atoms with Gasteiger partial charge in [0.1, 0.15) is 12.4 Å². The van der Waals surface area contributed by atoms with Gasteiger partial charge in [-0.15, -0.1) is 0 Å². The first-order chi connectivity index (χ1) is 11.8. The van der Waals surface area contributed by atoms with Crippen molar-refractivity contribution in [3.05, 3.63) is 58.2 Å². The number of hydrogen-bond donors (Lipinski definition) is 0. The molecule has 0 fully saturated rings. The van der Waals surface area contributed by atoms with E-state index in [-0.39, 0.29) is 12.5 Å². The molecular formula is C17H16BrF3N2O2. The number of carbonyl (C=O) groups is 1. The van der Waals surface area contributed by atoms with Gasteiger partial charge in [-0.1, -0.05) is 12.1 Å². The smallest absolute Gasteiger partial charge is 0.367 e. The molecule has 0 radical (unpaired) electrons. The second kappa shape index (κ2) is 8.44. The third-order valence-electron chi connectivity index (χ3n) is 3.29. The van der Waals surface area contributed by atoms with E-state index in [0.717, 1.165) is 4.47 Å². The summed E-state index contributed by atoms with van der Waals surface area (Å²) >= 11 is 3.29. The number of nitrogens with zero attached hydrogens (tertiary/aromatic N) is 2. The molecular weight excluding hydrogens is 401 g/mol. The summed E-state index contributed by atoms with van der Waals surface area (Å²) in [5.41, 5.74) is 0.983. The zero-order chi connectivity index (χ0) is 18.4. The van der Waals surface area contributed by atoms with Crippen LogP contribution in [0.2, 0.25) is 0 Å². The number of amides is 1. The van der Waals surface area contributed by atoms with Crippen LogP contribution in [-0.4, -0.2) is 30.2 Å². The zero-order valence-electron chi connectivity index (χ0n) is 13.4. The molecule has 1 aromatic heterocycles. The number of anilines is 1. The number of aromatic nitrogens is 1. The number of ether oxygens (including phenoxy) is 1. The van der Waals surface area contributed by atoms with Crippen molar-refractivity contribution in [3.63, 3.8) is 0 Å². The first-order valence-corrected chi connectivity index (χ1v) is 8.26. The molecule has 0 aliphatic heterocycles. The van der Waals surface area contributed by atoms with Crippen molar-refractivity contribution in [2.75, 3.05) is 18.1 Å². The quantitative estimate of drug-likeness (QED) is 0.691. The van der Waals surface area contributed by atoms with E-state index >= 15 is 0 Å². The van der Waals surface area contributed by atoms with Gasteiger partial charge in [-0.3, -0.25) is 9.69 Å². The monoisotopic (exact) mass is 416 g/mol. The molecule has 0 bridgehead atoms. The van der Waals surface area contributed by atoms with Gasteiger partial charge in [0.05, 0.1) is 6.61 Å². The van der Waals surface area contributed by atoms with Crippen molar-refractivity contribution < 1.29 is 22.7 Å². The van der Waals surface area contributed by atoms with Gasteiger partial charge in [0.2, 0.25) is 0 Å². The molecule has 2 rings (SSSR count). The number of carbonyl (C=O) groups excluding carboxylic acids is 1. The molecule has 1 heterocycles. The van der Waals surface area contributed by atoms with Gasteiger partial charge >= 0.3 is 6.18 Å². The van der Waals surface area contributed by atoms with Crippen LogP contribution in [0.15, 0.2) is 47.1 Å². The van der Waals surface area contributed by atoms with Gasteiger partial charge in [0.15, 0.2) is 0 Å². The summed E-state index contributed by atoms with van der Waals surface area (Å²) < 4.78 is 41.6. The predicted molar refractivity (Wildman–Crippen MR) is 91.4 cm³/mol. The van der Waals surface area contributed by atoms with Gasteiger partial charge in [-0.2, -0.15) is 13.2 Å². The predicted octanol–water partition coefficient (Wildman–Crippen LogP) is 4.59. The topological polar surface area (TPSA) is 42.4 Å². The highest BCUT2D eigenvalue weighted by molar-refractivity contribution is 9.10. The molecule has 0 aliphatic carbocycles. The lowest BCUT2D eigenvalue weighted by Gasteiger charge is -2.20. The van der Waals surface area contributed by atoms with Gasteiger partial charge in [0.25, 0.3) is 5.91 Å². The summed E-state index contributed by atoms with van der Waals surface area (Å²) in [6.07, 6.45) is -2.75. The van der Waals surface area contributed by atoms with E-state index in [9.17, 15) is 18.0 Å². The maximum Gasteiger partial charge on any atom is 0.411 e. The molecule has 25 heavy (non-hydrogen) atoms. The van der Waals surface area contributed by atoms with Crippen LogP contribution in [0.5, 0.6) is 0 Å². The van der Waals surface area contributed by atoms with Crippen molar-refractivity contribution >= 4 is 27.7 Å². The SMILES string of the molecule is CCN(C(=O)c1ccc(COCC(F)(F)F)cc1)c1ccc(Br)cn1. The Morgan fingerprint density at radius 2 is 1.88 bits per heavy atom. The number of pyridine rings is 1. The molecule has 0 atom stereocenters.